The van der Waals surface area contributed by atoms with Crippen molar-refractivity contribution in [1.82, 2.24) is 0 Å². The molecule has 0 heterocycles. The fourth-order valence-electron chi connectivity index (χ4n) is 1.71. The molecular weight excluding hydrogens is 252 g/mol. The molecule has 6 heteroatoms. The Hall–Kier alpha value is -1.30. The van der Waals surface area contributed by atoms with Gasteiger partial charge in [0.15, 0.2) is 0 Å². The van der Waals surface area contributed by atoms with Crippen molar-refractivity contribution in [2.75, 3.05) is 7.11 Å². The maximum Gasteiger partial charge on any atom is 0.389 e. The van der Waals surface area contributed by atoms with Crippen molar-refractivity contribution in [1.29, 1.82) is 0 Å². The minimum absolute atomic E-state index is 0.0298. The van der Waals surface area contributed by atoms with Gasteiger partial charge in [0, 0.05) is 6.42 Å². The van der Waals surface area contributed by atoms with Crippen LogP contribution in [0.3, 0.4) is 0 Å². The van der Waals surface area contributed by atoms with Crippen LogP contribution in [-0.4, -0.2) is 18.4 Å². The van der Waals surface area contributed by atoms with Gasteiger partial charge in [0.1, 0.15) is 11.6 Å². The predicted molar refractivity (Wildman–Crippen MR) is 57.8 cm³/mol. The zero-order valence-electron chi connectivity index (χ0n) is 10.0. The number of hydrogen-bond donors (Lipinski definition) is 1. The van der Waals surface area contributed by atoms with Gasteiger partial charge in [-0.3, -0.25) is 0 Å². The van der Waals surface area contributed by atoms with Crippen molar-refractivity contribution >= 4 is 0 Å². The Morgan fingerprint density at radius 3 is 2.33 bits per heavy atom. The molecule has 1 atom stereocenters. The number of benzene rings is 1. The third kappa shape index (κ3) is 3.60. The van der Waals surface area contributed by atoms with Crippen LogP contribution in [0.4, 0.5) is 17.6 Å². The second-order valence-electron chi connectivity index (χ2n) is 4.21. The van der Waals surface area contributed by atoms with E-state index in [0.717, 1.165) is 13.0 Å². The van der Waals surface area contributed by atoms with E-state index in [9.17, 15) is 22.7 Å². The third-order valence-electron chi connectivity index (χ3n) is 2.63. The molecule has 18 heavy (non-hydrogen) atoms. The molecule has 0 aliphatic carbocycles. The molecule has 1 rings (SSSR count). The van der Waals surface area contributed by atoms with E-state index < -0.39 is 30.4 Å². The van der Waals surface area contributed by atoms with Crippen molar-refractivity contribution in [3.05, 3.63) is 29.6 Å². The molecule has 2 nitrogen and oxygen atoms in total. The summed E-state index contributed by atoms with van der Waals surface area (Å²) in [5.74, 6) is -0.760. The minimum Gasteiger partial charge on any atom is -0.496 e. The number of ether oxygens (including phenoxy) is 1. The Kier molecular flexibility index (Phi) is 4.21. The number of methoxy groups -OCH3 is 1. The summed E-state index contributed by atoms with van der Waals surface area (Å²) in [7, 11) is 1.26. The largest absolute Gasteiger partial charge is 0.496 e. The second-order valence-corrected chi connectivity index (χ2v) is 4.21. The predicted octanol–water partition coefficient (Wildman–Crippen LogP) is 3.38. The third-order valence-corrected chi connectivity index (χ3v) is 2.63. The van der Waals surface area contributed by atoms with Crippen LogP contribution in [-0.2, 0) is 5.60 Å². The fourth-order valence-corrected chi connectivity index (χ4v) is 1.71. The highest BCUT2D eigenvalue weighted by molar-refractivity contribution is 5.38. The van der Waals surface area contributed by atoms with E-state index in [1.807, 2.05) is 0 Å². The van der Waals surface area contributed by atoms with Crippen LogP contribution >= 0.6 is 0 Å². The van der Waals surface area contributed by atoms with E-state index in [0.29, 0.717) is 0 Å². The average Bonchev–Trinajstić information content (AvgIpc) is 2.25. The number of alkyl halides is 3. The van der Waals surface area contributed by atoms with Crippen LogP contribution in [0, 0.1) is 5.82 Å². The van der Waals surface area contributed by atoms with E-state index in [-0.39, 0.29) is 11.3 Å². The standard InChI is InChI=1S/C12H14F4O2/c1-11(17,6-7-12(14,15)16)10-8(13)4-3-5-9(10)18-2/h3-5,17H,6-7H2,1-2H3. The van der Waals surface area contributed by atoms with Gasteiger partial charge in [-0.2, -0.15) is 13.2 Å². The summed E-state index contributed by atoms with van der Waals surface area (Å²) < 4.78 is 54.9. The first kappa shape index (κ1) is 14.8. The van der Waals surface area contributed by atoms with Gasteiger partial charge < -0.3 is 9.84 Å². The molecule has 0 radical (unpaired) electrons. The Bertz CT molecular complexity index is 413. The van der Waals surface area contributed by atoms with Gasteiger partial charge in [-0.1, -0.05) is 6.07 Å². The summed E-state index contributed by atoms with van der Waals surface area (Å²) in [5.41, 5.74) is -2.19. The van der Waals surface area contributed by atoms with Gasteiger partial charge in [-0.05, 0) is 25.5 Å². The molecule has 1 N–H and O–H groups in total. The zero-order valence-corrected chi connectivity index (χ0v) is 10.0. The smallest absolute Gasteiger partial charge is 0.389 e. The molecule has 0 bridgehead atoms. The molecule has 0 saturated heterocycles. The van der Waals surface area contributed by atoms with Crippen molar-refractivity contribution in [3.8, 4) is 5.75 Å². The normalized spacial score (nSPS) is 15.3. The van der Waals surface area contributed by atoms with Crippen molar-refractivity contribution in [2.24, 2.45) is 0 Å². The van der Waals surface area contributed by atoms with Crippen LogP contribution in [0.25, 0.3) is 0 Å². The molecule has 0 aliphatic rings. The minimum atomic E-state index is -4.40. The lowest BCUT2D eigenvalue weighted by Gasteiger charge is -2.26. The Balaban J connectivity index is 3.04. The highest BCUT2D eigenvalue weighted by Crippen LogP contribution is 2.37. The molecule has 1 unspecified atom stereocenters. The highest BCUT2D eigenvalue weighted by atomic mass is 19.4. The van der Waals surface area contributed by atoms with Gasteiger partial charge in [0.05, 0.1) is 18.3 Å². The van der Waals surface area contributed by atoms with Crippen LogP contribution < -0.4 is 4.74 Å². The second kappa shape index (κ2) is 5.14. The maximum atomic E-state index is 13.6. The van der Waals surface area contributed by atoms with Gasteiger partial charge >= 0.3 is 6.18 Å². The van der Waals surface area contributed by atoms with Gasteiger partial charge in [-0.15, -0.1) is 0 Å². The lowest BCUT2D eigenvalue weighted by atomic mass is 9.89. The molecule has 102 valence electrons. The first-order chi connectivity index (χ1) is 8.17. The van der Waals surface area contributed by atoms with E-state index in [4.69, 9.17) is 4.74 Å². The first-order valence-corrected chi connectivity index (χ1v) is 5.29. The first-order valence-electron chi connectivity index (χ1n) is 5.29. The fraction of sp³-hybridized carbons (Fsp3) is 0.500. The summed E-state index contributed by atoms with van der Waals surface area (Å²) >= 11 is 0. The lowest BCUT2D eigenvalue weighted by Crippen LogP contribution is -2.26. The highest BCUT2D eigenvalue weighted by Gasteiger charge is 2.36. The Morgan fingerprint density at radius 1 is 1.22 bits per heavy atom. The topological polar surface area (TPSA) is 29.5 Å². The molecule has 0 aromatic heterocycles. The lowest BCUT2D eigenvalue weighted by molar-refractivity contribution is -0.146. The number of aliphatic hydroxyl groups is 1. The Labute approximate surface area is 102 Å². The molecule has 0 spiro atoms. The van der Waals surface area contributed by atoms with E-state index in [1.54, 1.807) is 0 Å². The van der Waals surface area contributed by atoms with Crippen LogP contribution in [0.15, 0.2) is 18.2 Å². The van der Waals surface area contributed by atoms with Gasteiger partial charge in [0.25, 0.3) is 0 Å². The zero-order chi connectivity index (χ0) is 14.0. The molecule has 0 saturated carbocycles. The number of halogens is 4. The van der Waals surface area contributed by atoms with Crippen molar-refractivity contribution in [2.45, 2.75) is 31.5 Å². The molecule has 0 aliphatic heterocycles. The van der Waals surface area contributed by atoms with E-state index in [2.05, 4.69) is 0 Å². The molecule has 0 fully saturated rings. The van der Waals surface area contributed by atoms with Gasteiger partial charge in [0.2, 0.25) is 0 Å². The quantitative estimate of drug-likeness (QED) is 0.846. The van der Waals surface area contributed by atoms with Crippen LogP contribution in [0.5, 0.6) is 5.75 Å². The average molecular weight is 266 g/mol. The van der Waals surface area contributed by atoms with Crippen molar-refractivity contribution < 1.29 is 27.4 Å². The summed E-state index contributed by atoms with van der Waals surface area (Å²) in [5, 5.41) is 10.0. The van der Waals surface area contributed by atoms with Crippen molar-refractivity contribution in [3.63, 3.8) is 0 Å². The summed E-state index contributed by atoms with van der Waals surface area (Å²) in [6, 6.07) is 3.82. The van der Waals surface area contributed by atoms with Gasteiger partial charge in [-0.25, -0.2) is 4.39 Å². The van der Waals surface area contributed by atoms with Crippen LogP contribution in [0.2, 0.25) is 0 Å². The monoisotopic (exact) mass is 266 g/mol. The number of hydrogen-bond acceptors (Lipinski definition) is 2. The molecular formula is C12H14F4O2. The maximum absolute atomic E-state index is 13.6. The van der Waals surface area contributed by atoms with E-state index >= 15 is 0 Å². The summed E-state index contributed by atoms with van der Waals surface area (Å²) in [6.45, 7) is 1.14. The molecule has 0 amide bonds. The number of rotatable bonds is 4. The summed E-state index contributed by atoms with van der Waals surface area (Å²) in [4.78, 5) is 0. The Morgan fingerprint density at radius 2 is 1.83 bits per heavy atom. The molecule has 1 aromatic carbocycles. The van der Waals surface area contributed by atoms with E-state index in [1.165, 1.54) is 19.2 Å². The SMILES string of the molecule is COc1cccc(F)c1C(C)(O)CCC(F)(F)F. The summed E-state index contributed by atoms with van der Waals surface area (Å²) in [6.07, 6.45) is -6.23. The van der Waals surface area contributed by atoms with Crippen LogP contribution in [0.1, 0.15) is 25.3 Å². The molecule has 1 aromatic rings.